The number of aromatic nitrogens is 5. The highest BCUT2D eigenvalue weighted by Gasteiger charge is 2.13. The van der Waals surface area contributed by atoms with Gasteiger partial charge in [-0.1, -0.05) is 35.5 Å². The van der Waals surface area contributed by atoms with E-state index in [0.717, 1.165) is 11.1 Å². The van der Waals surface area contributed by atoms with Gasteiger partial charge in [0.25, 0.3) is 5.56 Å². The summed E-state index contributed by atoms with van der Waals surface area (Å²) < 4.78 is 6.84. The van der Waals surface area contributed by atoms with Crippen molar-refractivity contribution in [2.24, 2.45) is 0 Å². The molecule has 0 saturated heterocycles. The number of nitrogens with zero attached hydrogens (tertiary/aromatic N) is 5. The van der Waals surface area contributed by atoms with Crippen LogP contribution in [-0.4, -0.2) is 30.6 Å². The lowest BCUT2D eigenvalue weighted by molar-refractivity contribution is -0.116. The smallest absolute Gasteiger partial charge is 0.261 e. The topological polar surface area (TPSA) is 116 Å². The second kappa shape index (κ2) is 9.45. The normalized spacial score (nSPS) is 10.9. The van der Waals surface area contributed by atoms with Crippen molar-refractivity contribution in [2.45, 2.75) is 19.4 Å². The fourth-order valence-electron chi connectivity index (χ4n) is 3.60. The molecule has 168 valence electrons. The average molecular weight is 452 g/mol. The van der Waals surface area contributed by atoms with E-state index in [4.69, 9.17) is 4.52 Å². The van der Waals surface area contributed by atoms with Gasteiger partial charge in [-0.2, -0.15) is 4.98 Å². The number of carbonyl (C=O) groups is 1. The minimum Gasteiger partial charge on any atom is -0.339 e. The molecule has 1 amide bonds. The summed E-state index contributed by atoms with van der Waals surface area (Å²) in [7, 11) is 0. The molecule has 0 aliphatic carbocycles. The summed E-state index contributed by atoms with van der Waals surface area (Å²) in [5.41, 5.74) is 2.71. The molecule has 2 aromatic carbocycles. The van der Waals surface area contributed by atoms with E-state index in [1.165, 1.54) is 10.9 Å². The van der Waals surface area contributed by atoms with Gasteiger partial charge in [0, 0.05) is 36.6 Å². The van der Waals surface area contributed by atoms with E-state index < -0.39 is 0 Å². The van der Waals surface area contributed by atoms with Gasteiger partial charge in [0.2, 0.25) is 17.6 Å². The van der Waals surface area contributed by atoms with Crippen molar-refractivity contribution in [2.75, 3.05) is 5.32 Å². The molecule has 0 spiro atoms. The SMILES string of the molecule is O=C(CCn1cnc2ccccc2c1=O)Nc1ccccc1Cc1nc(-c2cccnc2)no1. The predicted octanol–water partition coefficient (Wildman–Crippen LogP) is 3.46. The van der Waals surface area contributed by atoms with Crippen LogP contribution in [0, 0.1) is 0 Å². The highest BCUT2D eigenvalue weighted by Crippen LogP contribution is 2.21. The number of hydrogen-bond acceptors (Lipinski definition) is 7. The number of benzene rings is 2. The predicted molar refractivity (Wildman–Crippen MR) is 126 cm³/mol. The Bertz CT molecular complexity index is 1510. The molecule has 0 unspecified atom stereocenters. The third-order valence-electron chi connectivity index (χ3n) is 5.33. The lowest BCUT2D eigenvalue weighted by Crippen LogP contribution is -2.23. The summed E-state index contributed by atoms with van der Waals surface area (Å²) in [5.74, 6) is 0.669. The maximum atomic E-state index is 12.6. The molecule has 0 aliphatic rings. The van der Waals surface area contributed by atoms with Gasteiger partial charge >= 0.3 is 0 Å². The zero-order valence-corrected chi connectivity index (χ0v) is 18.1. The number of rotatable bonds is 7. The van der Waals surface area contributed by atoms with Crippen LogP contribution in [0.25, 0.3) is 22.3 Å². The van der Waals surface area contributed by atoms with Crippen molar-refractivity contribution < 1.29 is 9.32 Å². The Morgan fingerprint density at radius 3 is 2.76 bits per heavy atom. The summed E-state index contributed by atoms with van der Waals surface area (Å²) in [6.45, 7) is 0.225. The van der Waals surface area contributed by atoms with Crippen LogP contribution < -0.4 is 10.9 Å². The number of amides is 1. The second-order valence-electron chi connectivity index (χ2n) is 7.65. The van der Waals surface area contributed by atoms with E-state index in [0.29, 0.717) is 34.7 Å². The van der Waals surface area contributed by atoms with Crippen LogP contribution in [0.5, 0.6) is 0 Å². The molecule has 9 heteroatoms. The molecule has 0 radical (unpaired) electrons. The molecule has 5 aromatic rings. The second-order valence-corrected chi connectivity index (χ2v) is 7.65. The van der Waals surface area contributed by atoms with Gasteiger partial charge < -0.3 is 9.84 Å². The molecule has 1 N–H and O–H groups in total. The maximum Gasteiger partial charge on any atom is 0.261 e. The molecule has 0 aliphatic heterocycles. The van der Waals surface area contributed by atoms with Crippen molar-refractivity contribution in [3.8, 4) is 11.4 Å². The molecule has 5 rings (SSSR count). The number of hydrogen-bond donors (Lipinski definition) is 1. The molecule has 0 saturated carbocycles. The summed E-state index contributed by atoms with van der Waals surface area (Å²) in [4.78, 5) is 38.1. The van der Waals surface area contributed by atoms with E-state index in [1.54, 1.807) is 36.7 Å². The Morgan fingerprint density at radius 1 is 1.03 bits per heavy atom. The first-order valence-corrected chi connectivity index (χ1v) is 10.7. The first kappa shape index (κ1) is 21.2. The Hall–Kier alpha value is -4.66. The molecule has 34 heavy (non-hydrogen) atoms. The van der Waals surface area contributed by atoms with Gasteiger partial charge in [-0.05, 0) is 35.9 Å². The first-order valence-electron chi connectivity index (χ1n) is 10.7. The summed E-state index contributed by atoms with van der Waals surface area (Å²) in [6.07, 6.45) is 5.30. The zero-order chi connectivity index (χ0) is 23.3. The van der Waals surface area contributed by atoms with Crippen molar-refractivity contribution in [3.63, 3.8) is 0 Å². The fourth-order valence-corrected chi connectivity index (χ4v) is 3.60. The van der Waals surface area contributed by atoms with Gasteiger partial charge in [-0.25, -0.2) is 4.98 Å². The summed E-state index contributed by atoms with van der Waals surface area (Å²) in [6, 6.07) is 18.2. The quantitative estimate of drug-likeness (QED) is 0.402. The van der Waals surface area contributed by atoms with E-state index in [1.807, 2.05) is 36.4 Å². The molecule has 0 bridgehead atoms. The minimum absolute atomic E-state index is 0.125. The summed E-state index contributed by atoms with van der Waals surface area (Å²) in [5, 5.41) is 7.46. The number of aryl methyl sites for hydroxylation is 1. The molecule has 0 fully saturated rings. The van der Waals surface area contributed by atoms with E-state index in [-0.39, 0.29) is 24.4 Å². The Balaban J connectivity index is 1.26. The van der Waals surface area contributed by atoms with Crippen molar-refractivity contribution in [3.05, 3.63) is 101 Å². The molecule has 0 atom stereocenters. The zero-order valence-electron chi connectivity index (χ0n) is 18.1. The monoisotopic (exact) mass is 452 g/mol. The third-order valence-corrected chi connectivity index (χ3v) is 5.33. The van der Waals surface area contributed by atoms with Crippen molar-refractivity contribution in [1.82, 2.24) is 24.7 Å². The average Bonchev–Trinajstić information content (AvgIpc) is 3.34. The Morgan fingerprint density at radius 2 is 1.88 bits per heavy atom. The van der Waals surface area contributed by atoms with Crippen molar-refractivity contribution >= 4 is 22.5 Å². The first-order chi connectivity index (χ1) is 16.7. The molecular formula is C25H20N6O3. The van der Waals surface area contributed by atoms with Gasteiger partial charge in [0.15, 0.2) is 0 Å². The van der Waals surface area contributed by atoms with Crippen LogP contribution in [-0.2, 0) is 17.8 Å². The van der Waals surface area contributed by atoms with Gasteiger partial charge in [-0.15, -0.1) is 0 Å². The standard InChI is InChI=1S/C25H20N6O3/c32-22(11-13-31-16-27-21-10-4-2-8-19(21)25(31)33)28-20-9-3-1-6-17(20)14-23-29-24(30-34-23)18-7-5-12-26-15-18/h1-10,12,15-16H,11,13-14H2,(H,28,32). The Labute approximate surface area is 194 Å². The number of carbonyl (C=O) groups excluding carboxylic acids is 1. The van der Waals surface area contributed by atoms with Crippen LogP contribution in [0.2, 0.25) is 0 Å². The molecule has 3 aromatic heterocycles. The van der Waals surface area contributed by atoms with Crippen LogP contribution >= 0.6 is 0 Å². The highest BCUT2D eigenvalue weighted by atomic mass is 16.5. The van der Waals surface area contributed by atoms with Crippen LogP contribution in [0.1, 0.15) is 17.9 Å². The van der Waals surface area contributed by atoms with E-state index in [2.05, 4.69) is 25.4 Å². The minimum atomic E-state index is -0.214. The number of nitrogens with one attached hydrogen (secondary N) is 1. The number of fused-ring (bicyclic) bond motifs is 1. The largest absolute Gasteiger partial charge is 0.339 e. The fraction of sp³-hybridized carbons (Fsp3) is 0.120. The molecular weight excluding hydrogens is 432 g/mol. The lowest BCUT2D eigenvalue weighted by Gasteiger charge is -2.11. The third kappa shape index (κ3) is 4.58. The van der Waals surface area contributed by atoms with Crippen LogP contribution in [0.15, 0.2) is 88.7 Å². The lowest BCUT2D eigenvalue weighted by atomic mass is 10.1. The maximum absolute atomic E-state index is 12.6. The highest BCUT2D eigenvalue weighted by molar-refractivity contribution is 5.91. The van der Waals surface area contributed by atoms with Gasteiger partial charge in [0.05, 0.1) is 23.7 Å². The molecule has 3 heterocycles. The number of anilines is 1. The van der Waals surface area contributed by atoms with E-state index in [9.17, 15) is 9.59 Å². The molecule has 9 nitrogen and oxygen atoms in total. The number of pyridine rings is 1. The summed E-state index contributed by atoms with van der Waals surface area (Å²) >= 11 is 0. The van der Waals surface area contributed by atoms with Crippen molar-refractivity contribution in [1.29, 1.82) is 0 Å². The van der Waals surface area contributed by atoms with Crippen LogP contribution in [0.3, 0.4) is 0 Å². The van der Waals surface area contributed by atoms with E-state index >= 15 is 0 Å². The van der Waals surface area contributed by atoms with Gasteiger partial charge in [-0.3, -0.25) is 19.1 Å². The Kier molecular flexibility index (Phi) is 5.89. The van der Waals surface area contributed by atoms with Crippen LogP contribution in [0.4, 0.5) is 5.69 Å². The van der Waals surface area contributed by atoms with Gasteiger partial charge in [0.1, 0.15) is 0 Å². The number of para-hydroxylation sites is 2.